The van der Waals surface area contributed by atoms with Crippen molar-refractivity contribution in [3.8, 4) is 0 Å². The molecule has 2 N–H and O–H groups in total. The zero-order valence-corrected chi connectivity index (χ0v) is 14.9. The van der Waals surface area contributed by atoms with E-state index in [9.17, 15) is 0 Å². The van der Waals surface area contributed by atoms with Gasteiger partial charge in [0.2, 0.25) is 0 Å². The van der Waals surface area contributed by atoms with Gasteiger partial charge >= 0.3 is 0 Å². The molecule has 0 fully saturated rings. The molecule has 120 valence electrons. The number of rotatable bonds is 8. The van der Waals surface area contributed by atoms with Crippen LogP contribution >= 0.6 is 0 Å². The third-order valence-corrected chi connectivity index (χ3v) is 4.72. The first-order valence-corrected chi connectivity index (χ1v) is 8.81. The van der Waals surface area contributed by atoms with Crippen LogP contribution < -0.4 is 5.73 Å². The molecular formula is C20H35N. The summed E-state index contributed by atoms with van der Waals surface area (Å²) in [4.78, 5) is 0. The maximum Gasteiger partial charge on any atom is 0.0326 e. The van der Waals surface area contributed by atoms with Gasteiger partial charge in [-0.05, 0) is 40.9 Å². The van der Waals surface area contributed by atoms with Crippen LogP contribution in [-0.4, -0.2) is 0 Å². The summed E-state index contributed by atoms with van der Waals surface area (Å²) in [5.74, 6) is 1.72. The highest BCUT2D eigenvalue weighted by atomic mass is 14.7. The minimum Gasteiger partial charge on any atom is -0.324 e. The van der Waals surface area contributed by atoms with E-state index in [1.165, 1.54) is 42.4 Å². The standard InChI is InChI=1S/C20H35N/c1-7-9-10-16(8-2)20(21)18-12-11-17(14(3)4)13-19(18)15(5)6/h11-16,20H,7-10,21H2,1-6H3. The molecule has 2 atom stereocenters. The summed E-state index contributed by atoms with van der Waals surface area (Å²) < 4.78 is 0. The lowest BCUT2D eigenvalue weighted by Gasteiger charge is -2.27. The van der Waals surface area contributed by atoms with Gasteiger partial charge in [0.05, 0.1) is 0 Å². The van der Waals surface area contributed by atoms with Crippen LogP contribution in [0.2, 0.25) is 0 Å². The molecular weight excluding hydrogens is 254 g/mol. The van der Waals surface area contributed by atoms with Crippen LogP contribution in [0.1, 0.15) is 102 Å². The molecule has 0 aliphatic carbocycles. The molecule has 1 heteroatoms. The predicted octanol–water partition coefficient (Wildman–Crippen LogP) is 6.15. The second-order valence-corrected chi connectivity index (χ2v) is 7.03. The molecule has 0 spiro atoms. The van der Waals surface area contributed by atoms with Gasteiger partial charge in [-0.1, -0.05) is 79.0 Å². The first-order valence-electron chi connectivity index (χ1n) is 8.81. The van der Waals surface area contributed by atoms with E-state index in [-0.39, 0.29) is 6.04 Å². The SMILES string of the molecule is CCCCC(CC)C(N)c1ccc(C(C)C)cc1C(C)C. The van der Waals surface area contributed by atoms with Gasteiger partial charge in [0.1, 0.15) is 0 Å². The summed E-state index contributed by atoms with van der Waals surface area (Å²) in [5.41, 5.74) is 10.9. The topological polar surface area (TPSA) is 26.0 Å². The molecule has 0 bridgehead atoms. The molecule has 1 aromatic rings. The molecule has 0 aromatic heterocycles. The van der Waals surface area contributed by atoms with Crippen LogP contribution in [0.4, 0.5) is 0 Å². The molecule has 1 nitrogen and oxygen atoms in total. The van der Waals surface area contributed by atoms with E-state index in [1.807, 2.05) is 0 Å². The van der Waals surface area contributed by atoms with Crippen molar-refractivity contribution in [2.75, 3.05) is 0 Å². The van der Waals surface area contributed by atoms with Gasteiger partial charge in [-0.25, -0.2) is 0 Å². The number of unbranched alkanes of at least 4 members (excludes halogenated alkanes) is 1. The minimum atomic E-state index is 0.181. The molecule has 0 amide bonds. The van der Waals surface area contributed by atoms with Crippen LogP contribution in [0.3, 0.4) is 0 Å². The first kappa shape index (κ1) is 18.2. The van der Waals surface area contributed by atoms with Crippen molar-refractivity contribution in [1.29, 1.82) is 0 Å². The molecule has 0 heterocycles. The quantitative estimate of drug-likeness (QED) is 0.610. The van der Waals surface area contributed by atoms with Gasteiger partial charge in [0, 0.05) is 6.04 Å². The van der Waals surface area contributed by atoms with E-state index in [0.29, 0.717) is 17.8 Å². The highest BCUT2D eigenvalue weighted by molar-refractivity contribution is 5.37. The molecule has 0 saturated carbocycles. The van der Waals surface area contributed by atoms with Crippen LogP contribution in [0.25, 0.3) is 0 Å². The lowest BCUT2D eigenvalue weighted by molar-refractivity contribution is 0.376. The summed E-state index contributed by atoms with van der Waals surface area (Å²) in [6.45, 7) is 13.6. The smallest absolute Gasteiger partial charge is 0.0326 e. The molecule has 21 heavy (non-hydrogen) atoms. The first-order chi connectivity index (χ1) is 9.92. The highest BCUT2D eigenvalue weighted by Gasteiger charge is 2.21. The van der Waals surface area contributed by atoms with E-state index in [0.717, 1.165) is 0 Å². The largest absolute Gasteiger partial charge is 0.324 e. The second kappa shape index (κ2) is 8.58. The summed E-state index contributed by atoms with van der Waals surface area (Å²) in [6, 6.07) is 7.14. The van der Waals surface area contributed by atoms with Crippen molar-refractivity contribution in [2.45, 2.75) is 85.1 Å². The fourth-order valence-electron chi connectivity index (χ4n) is 3.11. The van der Waals surface area contributed by atoms with Crippen molar-refractivity contribution in [2.24, 2.45) is 11.7 Å². The van der Waals surface area contributed by atoms with Gasteiger partial charge < -0.3 is 5.73 Å². The van der Waals surface area contributed by atoms with Gasteiger partial charge in [-0.3, -0.25) is 0 Å². The fraction of sp³-hybridized carbons (Fsp3) is 0.700. The van der Waals surface area contributed by atoms with Crippen LogP contribution in [0.15, 0.2) is 18.2 Å². The van der Waals surface area contributed by atoms with Crippen molar-refractivity contribution in [3.63, 3.8) is 0 Å². The zero-order valence-electron chi connectivity index (χ0n) is 14.9. The Bertz CT molecular complexity index is 420. The Kier molecular flexibility index (Phi) is 7.45. The van der Waals surface area contributed by atoms with Crippen LogP contribution in [0.5, 0.6) is 0 Å². The Balaban J connectivity index is 3.09. The second-order valence-electron chi connectivity index (χ2n) is 7.03. The summed E-state index contributed by atoms with van der Waals surface area (Å²) in [5, 5.41) is 0. The number of hydrogen-bond acceptors (Lipinski definition) is 1. The van der Waals surface area contributed by atoms with Gasteiger partial charge in [0.15, 0.2) is 0 Å². The highest BCUT2D eigenvalue weighted by Crippen LogP contribution is 2.33. The summed E-state index contributed by atoms with van der Waals surface area (Å²) in [7, 11) is 0. The Labute approximate surface area is 132 Å². The molecule has 0 saturated heterocycles. The number of benzene rings is 1. The van der Waals surface area contributed by atoms with Gasteiger partial charge in [-0.2, -0.15) is 0 Å². The third kappa shape index (κ3) is 4.85. The Morgan fingerprint density at radius 1 is 0.952 bits per heavy atom. The fourth-order valence-corrected chi connectivity index (χ4v) is 3.11. The Hall–Kier alpha value is -0.820. The molecule has 0 radical (unpaired) electrons. The normalized spacial score (nSPS) is 14.7. The average molecular weight is 290 g/mol. The molecule has 2 unspecified atom stereocenters. The van der Waals surface area contributed by atoms with E-state index < -0.39 is 0 Å². The summed E-state index contributed by atoms with van der Waals surface area (Å²) >= 11 is 0. The van der Waals surface area contributed by atoms with Crippen LogP contribution in [-0.2, 0) is 0 Å². The van der Waals surface area contributed by atoms with Crippen molar-refractivity contribution in [1.82, 2.24) is 0 Å². The Morgan fingerprint density at radius 2 is 1.62 bits per heavy atom. The molecule has 0 aliphatic heterocycles. The lowest BCUT2D eigenvalue weighted by Crippen LogP contribution is -2.23. The molecule has 0 aliphatic rings. The van der Waals surface area contributed by atoms with Gasteiger partial charge in [0.25, 0.3) is 0 Å². The van der Waals surface area contributed by atoms with Crippen molar-refractivity contribution in [3.05, 3.63) is 34.9 Å². The maximum atomic E-state index is 6.66. The minimum absolute atomic E-state index is 0.181. The van der Waals surface area contributed by atoms with E-state index in [2.05, 4.69) is 59.7 Å². The monoisotopic (exact) mass is 289 g/mol. The number of hydrogen-bond donors (Lipinski definition) is 1. The lowest BCUT2D eigenvalue weighted by atomic mass is 9.82. The third-order valence-electron chi connectivity index (χ3n) is 4.72. The molecule has 1 rings (SSSR count). The van der Waals surface area contributed by atoms with E-state index in [1.54, 1.807) is 0 Å². The van der Waals surface area contributed by atoms with E-state index >= 15 is 0 Å². The van der Waals surface area contributed by atoms with Gasteiger partial charge in [-0.15, -0.1) is 0 Å². The molecule has 1 aromatic carbocycles. The van der Waals surface area contributed by atoms with Crippen molar-refractivity contribution < 1.29 is 0 Å². The summed E-state index contributed by atoms with van der Waals surface area (Å²) in [6.07, 6.45) is 4.96. The Morgan fingerprint density at radius 3 is 2.10 bits per heavy atom. The predicted molar refractivity (Wildman–Crippen MR) is 94.9 cm³/mol. The van der Waals surface area contributed by atoms with Crippen LogP contribution in [0, 0.1) is 5.92 Å². The van der Waals surface area contributed by atoms with E-state index in [4.69, 9.17) is 5.73 Å². The maximum absolute atomic E-state index is 6.66. The zero-order chi connectivity index (χ0) is 16.0. The van der Waals surface area contributed by atoms with Crippen molar-refractivity contribution >= 4 is 0 Å². The average Bonchev–Trinajstić information content (AvgIpc) is 2.46. The number of nitrogens with two attached hydrogens (primary N) is 1.